The number of allylic oxidation sites excluding steroid dienone is 2. The van der Waals surface area contributed by atoms with Gasteiger partial charge in [0, 0.05) is 23.0 Å². The van der Waals surface area contributed by atoms with Crippen LogP contribution in [0.25, 0.3) is 10.9 Å². The number of hydrogen-bond acceptors (Lipinski definition) is 6. The zero-order chi connectivity index (χ0) is 17.6. The van der Waals surface area contributed by atoms with Crippen LogP contribution in [0.5, 0.6) is 0 Å². The van der Waals surface area contributed by atoms with Gasteiger partial charge in [0.25, 0.3) is 0 Å². The number of aliphatic imine (C=N–C) groups is 1. The number of hydrogen-bond donors (Lipinski definition) is 2. The van der Waals surface area contributed by atoms with Crippen LogP contribution < -0.4 is 5.32 Å². The van der Waals surface area contributed by atoms with E-state index < -0.39 is 11.6 Å². The number of aromatic nitrogens is 1. The number of pyridine rings is 1. The van der Waals surface area contributed by atoms with Gasteiger partial charge in [-0.3, -0.25) is 4.99 Å². The molecule has 0 radical (unpaired) electrons. The Balaban J connectivity index is 1.60. The number of nitrogens with zero attached hydrogens (tertiary/aromatic N) is 4. The molecule has 0 aliphatic carbocycles. The predicted octanol–water partition coefficient (Wildman–Crippen LogP) is 2.98. The first-order valence-corrected chi connectivity index (χ1v) is 8.35. The predicted molar refractivity (Wildman–Crippen MR) is 100 cm³/mol. The highest BCUT2D eigenvalue weighted by molar-refractivity contribution is 5.94. The van der Waals surface area contributed by atoms with E-state index >= 15 is 0 Å². The highest BCUT2D eigenvalue weighted by atomic mass is 16.3. The van der Waals surface area contributed by atoms with Crippen molar-refractivity contribution in [2.24, 2.45) is 15.5 Å². The molecule has 6 nitrogen and oxygen atoms in total. The lowest BCUT2D eigenvalue weighted by Gasteiger charge is -2.37. The molecule has 25 heavy (non-hydrogen) atoms. The lowest BCUT2D eigenvalue weighted by Crippen LogP contribution is -2.50. The molecular weight excluding hydrogens is 314 g/mol. The number of anilines is 1. The molecule has 6 heteroatoms. The normalized spacial score (nSPS) is 26.2. The SMILES string of the molecule is CC1=CC(C)=NC2N1N=CC2(C)C(O)Nc1ccc2ccccc2n1. The van der Waals surface area contributed by atoms with E-state index in [9.17, 15) is 5.11 Å². The molecule has 0 bridgehead atoms. The van der Waals surface area contributed by atoms with E-state index in [1.165, 1.54) is 0 Å². The van der Waals surface area contributed by atoms with Crippen LogP contribution in [0.15, 0.2) is 58.3 Å². The van der Waals surface area contributed by atoms with Crippen LogP contribution in [0.4, 0.5) is 5.82 Å². The number of aliphatic hydroxyl groups excluding tert-OH is 1. The number of fused-ring (bicyclic) bond motifs is 2. The van der Waals surface area contributed by atoms with Crippen LogP contribution in [-0.4, -0.2) is 39.4 Å². The topological polar surface area (TPSA) is 73.1 Å². The van der Waals surface area contributed by atoms with Crippen LogP contribution in [-0.2, 0) is 0 Å². The Hall–Kier alpha value is -2.73. The highest BCUT2D eigenvalue weighted by Gasteiger charge is 2.48. The monoisotopic (exact) mass is 335 g/mol. The summed E-state index contributed by atoms with van der Waals surface area (Å²) in [5.74, 6) is 0.628. The summed E-state index contributed by atoms with van der Waals surface area (Å²) in [6.45, 7) is 5.92. The summed E-state index contributed by atoms with van der Waals surface area (Å²) in [5, 5.41) is 21.4. The van der Waals surface area contributed by atoms with Crippen molar-refractivity contribution in [2.45, 2.75) is 33.2 Å². The molecule has 0 saturated carbocycles. The summed E-state index contributed by atoms with van der Waals surface area (Å²) in [7, 11) is 0. The first-order valence-electron chi connectivity index (χ1n) is 8.35. The number of aliphatic hydroxyl groups is 1. The highest BCUT2D eigenvalue weighted by Crippen LogP contribution is 2.38. The molecule has 128 valence electrons. The maximum Gasteiger partial charge on any atom is 0.156 e. The van der Waals surface area contributed by atoms with Gasteiger partial charge in [0.15, 0.2) is 6.17 Å². The zero-order valence-corrected chi connectivity index (χ0v) is 14.5. The second-order valence-corrected chi connectivity index (χ2v) is 6.82. The van der Waals surface area contributed by atoms with Gasteiger partial charge in [-0.15, -0.1) is 0 Å². The molecule has 1 aromatic heterocycles. The Morgan fingerprint density at radius 1 is 1.20 bits per heavy atom. The Labute approximate surface area is 146 Å². The fourth-order valence-corrected chi connectivity index (χ4v) is 3.31. The van der Waals surface area contributed by atoms with Crippen molar-refractivity contribution in [3.63, 3.8) is 0 Å². The summed E-state index contributed by atoms with van der Waals surface area (Å²) in [6, 6.07) is 11.8. The molecule has 4 rings (SSSR count). The largest absolute Gasteiger partial charge is 0.373 e. The summed E-state index contributed by atoms with van der Waals surface area (Å²) in [5.41, 5.74) is 2.18. The first kappa shape index (κ1) is 15.8. The second-order valence-electron chi connectivity index (χ2n) is 6.82. The molecule has 1 aromatic carbocycles. The van der Waals surface area contributed by atoms with Crippen molar-refractivity contribution in [3.8, 4) is 0 Å². The quantitative estimate of drug-likeness (QED) is 0.846. The lowest BCUT2D eigenvalue weighted by atomic mass is 9.86. The molecule has 0 amide bonds. The van der Waals surface area contributed by atoms with Crippen LogP contribution >= 0.6 is 0 Å². The minimum absolute atomic E-state index is 0.263. The van der Waals surface area contributed by atoms with Crippen molar-refractivity contribution in [2.75, 3.05) is 5.32 Å². The first-order chi connectivity index (χ1) is 12.0. The number of hydrazone groups is 1. The fraction of sp³-hybridized carbons (Fsp3) is 0.316. The number of rotatable bonds is 3. The van der Waals surface area contributed by atoms with E-state index in [-0.39, 0.29) is 6.17 Å². The molecule has 0 fully saturated rings. The Morgan fingerprint density at radius 3 is 2.84 bits per heavy atom. The van der Waals surface area contributed by atoms with E-state index in [1.54, 1.807) is 6.21 Å². The Kier molecular flexibility index (Phi) is 3.58. The minimum atomic E-state index is -0.873. The average Bonchev–Trinajstić information content (AvgIpc) is 2.93. The Morgan fingerprint density at radius 2 is 2.00 bits per heavy atom. The van der Waals surface area contributed by atoms with Crippen molar-refractivity contribution >= 4 is 28.6 Å². The van der Waals surface area contributed by atoms with E-state index in [2.05, 4.69) is 20.4 Å². The average molecular weight is 335 g/mol. The van der Waals surface area contributed by atoms with Crippen LogP contribution in [0.1, 0.15) is 20.8 Å². The molecule has 2 aliphatic rings. The van der Waals surface area contributed by atoms with Crippen molar-refractivity contribution in [3.05, 3.63) is 48.2 Å². The van der Waals surface area contributed by atoms with Gasteiger partial charge in [0.05, 0.1) is 10.9 Å². The number of para-hydroxylation sites is 1. The van der Waals surface area contributed by atoms with Crippen LogP contribution in [0.2, 0.25) is 0 Å². The summed E-state index contributed by atoms with van der Waals surface area (Å²) in [6.07, 6.45) is 2.63. The summed E-state index contributed by atoms with van der Waals surface area (Å²) < 4.78 is 0. The molecular formula is C19H21N5O. The third-order valence-corrected chi connectivity index (χ3v) is 4.83. The van der Waals surface area contributed by atoms with E-state index in [0.29, 0.717) is 5.82 Å². The lowest BCUT2D eigenvalue weighted by molar-refractivity contribution is 0.0624. The van der Waals surface area contributed by atoms with Gasteiger partial charge in [-0.25, -0.2) is 9.99 Å². The van der Waals surface area contributed by atoms with Gasteiger partial charge in [0.2, 0.25) is 0 Å². The van der Waals surface area contributed by atoms with Gasteiger partial charge < -0.3 is 10.4 Å². The second kappa shape index (κ2) is 5.67. The van der Waals surface area contributed by atoms with Gasteiger partial charge >= 0.3 is 0 Å². The summed E-state index contributed by atoms with van der Waals surface area (Å²) in [4.78, 5) is 9.26. The van der Waals surface area contributed by atoms with Crippen molar-refractivity contribution < 1.29 is 5.11 Å². The molecule has 2 aliphatic heterocycles. The van der Waals surface area contributed by atoms with Gasteiger partial charge in [0.1, 0.15) is 12.0 Å². The van der Waals surface area contributed by atoms with E-state index in [1.807, 2.05) is 68.3 Å². The van der Waals surface area contributed by atoms with Gasteiger partial charge in [-0.2, -0.15) is 5.10 Å². The molecule has 0 spiro atoms. The fourth-order valence-electron chi connectivity index (χ4n) is 3.31. The van der Waals surface area contributed by atoms with Gasteiger partial charge in [-0.05, 0) is 45.0 Å². The molecule has 2 N–H and O–H groups in total. The standard InChI is InChI=1S/C19H21N5O/c1-12-10-13(2)24-17(21-12)19(3,11-20-24)18(25)23-16-9-8-14-6-4-5-7-15(14)22-16/h4-11,17-18,25H,1-3H3,(H,22,23). The molecule has 3 unspecified atom stereocenters. The number of nitrogens with one attached hydrogen (secondary N) is 1. The minimum Gasteiger partial charge on any atom is -0.373 e. The molecule has 3 atom stereocenters. The number of benzene rings is 1. The third kappa shape index (κ3) is 2.59. The maximum atomic E-state index is 10.9. The Bertz CT molecular complexity index is 919. The third-order valence-electron chi connectivity index (χ3n) is 4.83. The van der Waals surface area contributed by atoms with Crippen LogP contribution in [0, 0.1) is 5.41 Å². The van der Waals surface area contributed by atoms with Crippen molar-refractivity contribution in [1.29, 1.82) is 0 Å². The molecule has 3 heterocycles. The molecule has 0 saturated heterocycles. The van der Waals surface area contributed by atoms with Crippen molar-refractivity contribution in [1.82, 2.24) is 9.99 Å². The maximum absolute atomic E-state index is 10.9. The van der Waals surface area contributed by atoms with E-state index in [0.717, 1.165) is 22.3 Å². The summed E-state index contributed by atoms with van der Waals surface area (Å²) >= 11 is 0. The van der Waals surface area contributed by atoms with E-state index in [4.69, 9.17) is 0 Å². The zero-order valence-electron chi connectivity index (χ0n) is 14.5. The van der Waals surface area contributed by atoms with Crippen LogP contribution in [0.3, 0.4) is 0 Å². The molecule has 2 aromatic rings. The smallest absolute Gasteiger partial charge is 0.156 e. The van der Waals surface area contributed by atoms with Gasteiger partial charge in [-0.1, -0.05) is 18.2 Å².